The molecular formula is C10H21NO2S. The SMILES string of the molecule is CCS(=O)(=O)C1CCN(C(C)C)CC1. The van der Waals surface area contributed by atoms with E-state index in [1.54, 1.807) is 6.92 Å². The minimum absolute atomic E-state index is 0.0810. The summed E-state index contributed by atoms with van der Waals surface area (Å²) < 4.78 is 23.2. The average Bonchev–Trinajstić information content (AvgIpc) is 2.18. The Balaban J connectivity index is 2.52. The fourth-order valence-electron chi connectivity index (χ4n) is 1.99. The van der Waals surface area contributed by atoms with Gasteiger partial charge in [-0.25, -0.2) is 8.42 Å². The Morgan fingerprint density at radius 1 is 1.29 bits per heavy atom. The molecular weight excluding hydrogens is 198 g/mol. The highest BCUT2D eigenvalue weighted by Crippen LogP contribution is 2.19. The molecule has 4 heteroatoms. The molecule has 1 rings (SSSR count). The molecule has 0 saturated carbocycles. The lowest BCUT2D eigenvalue weighted by atomic mass is 10.1. The van der Waals surface area contributed by atoms with Crippen molar-refractivity contribution < 1.29 is 8.42 Å². The third-order valence-corrected chi connectivity index (χ3v) is 5.41. The Kier molecular flexibility index (Phi) is 3.95. The van der Waals surface area contributed by atoms with Crippen LogP contribution in [0.25, 0.3) is 0 Å². The smallest absolute Gasteiger partial charge is 0.152 e. The number of sulfone groups is 1. The van der Waals surface area contributed by atoms with Crippen molar-refractivity contribution in [2.45, 2.75) is 44.9 Å². The number of hydrogen-bond acceptors (Lipinski definition) is 3. The van der Waals surface area contributed by atoms with Gasteiger partial charge in [-0.15, -0.1) is 0 Å². The highest BCUT2D eigenvalue weighted by atomic mass is 32.2. The maximum atomic E-state index is 11.6. The molecule has 1 fully saturated rings. The maximum absolute atomic E-state index is 11.6. The molecule has 0 radical (unpaired) electrons. The van der Waals surface area contributed by atoms with E-state index >= 15 is 0 Å². The van der Waals surface area contributed by atoms with E-state index in [9.17, 15) is 8.42 Å². The molecule has 0 aliphatic carbocycles. The van der Waals surface area contributed by atoms with Crippen LogP contribution in [0.3, 0.4) is 0 Å². The molecule has 3 nitrogen and oxygen atoms in total. The van der Waals surface area contributed by atoms with E-state index in [1.807, 2.05) is 0 Å². The summed E-state index contributed by atoms with van der Waals surface area (Å²) in [5.41, 5.74) is 0. The summed E-state index contributed by atoms with van der Waals surface area (Å²) in [6.45, 7) is 7.93. The van der Waals surface area contributed by atoms with E-state index < -0.39 is 9.84 Å². The second kappa shape index (κ2) is 4.62. The van der Waals surface area contributed by atoms with E-state index in [-0.39, 0.29) is 5.25 Å². The molecule has 0 amide bonds. The van der Waals surface area contributed by atoms with Gasteiger partial charge in [0.2, 0.25) is 0 Å². The Labute approximate surface area is 87.4 Å². The normalized spacial score (nSPS) is 21.7. The summed E-state index contributed by atoms with van der Waals surface area (Å²) in [5, 5.41) is -0.0810. The molecule has 14 heavy (non-hydrogen) atoms. The lowest BCUT2D eigenvalue weighted by Crippen LogP contribution is -2.42. The average molecular weight is 219 g/mol. The van der Waals surface area contributed by atoms with Gasteiger partial charge in [0.05, 0.1) is 5.25 Å². The van der Waals surface area contributed by atoms with Crippen LogP contribution in [-0.4, -0.2) is 43.5 Å². The van der Waals surface area contributed by atoms with Crippen LogP contribution in [0.1, 0.15) is 33.6 Å². The quantitative estimate of drug-likeness (QED) is 0.718. The van der Waals surface area contributed by atoms with E-state index in [4.69, 9.17) is 0 Å². The predicted molar refractivity (Wildman–Crippen MR) is 59.2 cm³/mol. The van der Waals surface area contributed by atoms with Crippen LogP contribution < -0.4 is 0 Å². The van der Waals surface area contributed by atoms with Crippen LogP contribution >= 0.6 is 0 Å². The second-order valence-electron chi connectivity index (χ2n) is 4.28. The van der Waals surface area contributed by atoms with Gasteiger partial charge in [-0.05, 0) is 39.8 Å². The Morgan fingerprint density at radius 2 is 1.79 bits per heavy atom. The van der Waals surface area contributed by atoms with Crippen molar-refractivity contribution in [3.63, 3.8) is 0 Å². The molecule has 0 unspecified atom stereocenters. The molecule has 1 aliphatic heterocycles. The van der Waals surface area contributed by atoms with Gasteiger partial charge in [-0.2, -0.15) is 0 Å². The zero-order valence-corrected chi connectivity index (χ0v) is 10.2. The Morgan fingerprint density at radius 3 is 2.14 bits per heavy atom. The zero-order valence-electron chi connectivity index (χ0n) is 9.36. The standard InChI is InChI=1S/C10H21NO2S/c1-4-14(12,13)10-5-7-11(8-6-10)9(2)3/h9-10H,4-8H2,1-3H3. The molecule has 0 spiro atoms. The molecule has 84 valence electrons. The van der Waals surface area contributed by atoms with Gasteiger partial charge in [-0.3, -0.25) is 0 Å². The number of likely N-dealkylation sites (tertiary alicyclic amines) is 1. The summed E-state index contributed by atoms with van der Waals surface area (Å²) in [7, 11) is -2.80. The van der Waals surface area contributed by atoms with Gasteiger partial charge in [0.15, 0.2) is 9.84 Å². The minimum Gasteiger partial charge on any atom is -0.301 e. The van der Waals surface area contributed by atoms with E-state index in [0.29, 0.717) is 11.8 Å². The van der Waals surface area contributed by atoms with Gasteiger partial charge in [-0.1, -0.05) is 6.92 Å². The van der Waals surface area contributed by atoms with Crippen LogP contribution in [0, 0.1) is 0 Å². The fraction of sp³-hybridized carbons (Fsp3) is 1.00. The third-order valence-electron chi connectivity index (χ3n) is 3.12. The highest BCUT2D eigenvalue weighted by Gasteiger charge is 2.28. The summed E-state index contributed by atoms with van der Waals surface area (Å²) in [4.78, 5) is 2.35. The highest BCUT2D eigenvalue weighted by molar-refractivity contribution is 7.92. The maximum Gasteiger partial charge on any atom is 0.152 e. The van der Waals surface area contributed by atoms with Crippen molar-refractivity contribution >= 4 is 9.84 Å². The van der Waals surface area contributed by atoms with Crippen LogP contribution in [0.5, 0.6) is 0 Å². The first-order chi connectivity index (χ1) is 6.47. The van der Waals surface area contributed by atoms with Crippen molar-refractivity contribution in [2.75, 3.05) is 18.8 Å². The zero-order chi connectivity index (χ0) is 10.8. The predicted octanol–water partition coefficient (Wildman–Crippen LogP) is 1.29. The number of rotatable bonds is 3. The fourth-order valence-corrected chi connectivity index (χ4v) is 3.39. The van der Waals surface area contributed by atoms with Gasteiger partial charge in [0.1, 0.15) is 0 Å². The molecule has 1 heterocycles. The van der Waals surface area contributed by atoms with Crippen molar-refractivity contribution in [1.29, 1.82) is 0 Å². The second-order valence-corrected chi connectivity index (χ2v) is 6.85. The van der Waals surface area contributed by atoms with Gasteiger partial charge in [0.25, 0.3) is 0 Å². The molecule has 0 bridgehead atoms. The van der Waals surface area contributed by atoms with Crippen molar-refractivity contribution in [3.05, 3.63) is 0 Å². The summed E-state index contributed by atoms with van der Waals surface area (Å²) in [5.74, 6) is 0.291. The summed E-state index contributed by atoms with van der Waals surface area (Å²) >= 11 is 0. The lowest BCUT2D eigenvalue weighted by molar-refractivity contribution is 0.186. The molecule has 0 atom stereocenters. The number of hydrogen-bond donors (Lipinski definition) is 0. The van der Waals surface area contributed by atoms with Gasteiger partial charge < -0.3 is 4.90 Å². The molecule has 0 aromatic rings. The van der Waals surface area contributed by atoms with Crippen LogP contribution in [0.2, 0.25) is 0 Å². The van der Waals surface area contributed by atoms with E-state index in [1.165, 1.54) is 0 Å². The summed E-state index contributed by atoms with van der Waals surface area (Å²) in [6, 6.07) is 0.542. The first kappa shape index (κ1) is 12.0. The van der Waals surface area contributed by atoms with E-state index in [0.717, 1.165) is 25.9 Å². The van der Waals surface area contributed by atoms with Crippen LogP contribution in [0.4, 0.5) is 0 Å². The summed E-state index contributed by atoms with van der Waals surface area (Å²) in [6.07, 6.45) is 1.63. The Bertz CT molecular complexity index is 264. The van der Waals surface area contributed by atoms with Crippen molar-refractivity contribution in [1.82, 2.24) is 4.90 Å². The molecule has 0 aromatic carbocycles. The topological polar surface area (TPSA) is 37.4 Å². The third kappa shape index (κ3) is 2.70. The van der Waals surface area contributed by atoms with Gasteiger partial charge in [0, 0.05) is 11.8 Å². The van der Waals surface area contributed by atoms with Crippen molar-refractivity contribution in [3.8, 4) is 0 Å². The lowest BCUT2D eigenvalue weighted by Gasteiger charge is -2.34. The minimum atomic E-state index is -2.80. The van der Waals surface area contributed by atoms with Gasteiger partial charge >= 0.3 is 0 Å². The Hall–Kier alpha value is -0.0900. The molecule has 0 aromatic heterocycles. The molecule has 1 saturated heterocycles. The van der Waals surface area contributed by atoms with E-state index in [2.05, 4.69) is 18.7 Å². The first-order valence-corrected chi connectivity index (χ1v) is 7.14. The largest absolute Gasteiger partial charge is 0.301 e. The van der Waals surface area contributed by atoms with Crippen molar-refractivity contribution in [2.24, 2.45) is 0 Å². The van der Waals surface area contributed by atoms with Crippen LogP contribution in [-0.2, 0) is 9.84 Å². The monoisotopic (exact) mass is 219 g/mol. The number of nitrogens with zero attached hydrogens (tertiary/aromatic N) is 1. The molecule has 0 N–H and O–H groups in total. The molecule has 1 aliphatic rings. The van der Waals surface area contributed by atoms with Crippen LogP contribution in [0.15, 0.2) is 0 Å². The first-order valence-electron chi connectivity index (χ1n) is 5.43. The number of piperidine rings is 1.